The summed E-state index contributed by atoms with van der Waals surface area (Å²) >= 11 is 1.37. The number of ether oxygens (including phenoxy) is 1. The third kappa shape index (κ3) is 3.71. The average Bonchev–Trinajstić information content (AvgIpc) is 3.22. The first-order valence-electron chi connectivity index (χ1n) is 9.27. The van der Waals surface area contributed by atoms with Gasteiger partial charge in [0.1, 0.15) is 15.6 Å². The molecule has 0 aliphatic carbocycles. The second kappa shape index (κ2) is 7.63. The number of carbonyl (C=O) groups is 1. The summed E-state index contributed by atoms with van der Waals surface area (Å²) in [6, 6.07) is 9.62. The van der Waals surface area contributed by atoms with E-state index in [-0.39, 0.29) is 5.91 Å². The summed E-state index contributed by atoms with van der Waals surface area (Å²) in [5.74, 6) is 0.621. The molecular formula is C21H21N5O2S. The molecule has 4 rings (SSSR count). The highest BCUT2D eigenvalue weighted by molar-refractivity contribution is 7.17. The third-order valence-electron chi connectivity index (χ3n) is 4.54. The van der Waals surface area contributed by atoms with E-state index < -0.39 is 0 Å². The maximum absolute atomic E-state index is 12.8. The zero-order valence-corrected chi connectivity index (χ0v) is 17.5. The Morgan fingerprint density at radius 1 is 1.21 bits per heavy atom. The number of nitrogens with one attached hydrogen (secondary N) is 1. The Morgan fingerprint density at radius 2 is 1.97 bits per heavy atom. The number of rotatable bonds is 5. The molecule has 3 heterocycles. The minimum atomic E-state index is -0.195. The van der Waals surface area contributed by atoms with Crippen LogP contribution in [-0.2, 0) is 7.05 Å². The Balaban J connectivity index is 1.57. The minimum absolute atomic E-state index is 0.195. The first kappa shape index (κ1) is 19.1. The van der Waals surface area contributed by atoms with Crippen molar-refractivity contribution in [2.75, 3.05) is 11.9 Å². The van der Waals surface area contributed by atoms with E-state index in [1.54, 1.807) is 10.9 Å². The Labute approximate surface area is 172 Å². The number of hydrogen-bond acceptors (Lipinski definition) is 6. The van der Waals surface area contributed by atoms with Crippen LogP contribution in [0.5, 0.6) is 5.75 Å². The maximum atomic E-state index is 12.8. The van der Waals surface area contributed by atoms with Crippen molar-refractivity contribution in [1.29, 1.82) is 0 Å². The monoisotopic (exact) mass is 407 g/mol. The summed E-state index contributed by atoms with van der Waals surface area (Å²) in [7, 11) is 1.85. The predicted octanol–water partition coefficient (Wildman–Crippen LogP) is 4.36. The molecule has 8 heteroatoms. The van der Waals surface area contributed by atoms with Crippen molar-refractivity contribution in [3.05, 3.63) is 52.8 Å². The zero-order chi connectivity index (χ0) is 20.5. The Morgan fingerprint density at radius 3 is 2.69 bits per heavy atom. The number of aryl methyl sites for hydroxylation is 3. The summed E-state index contributed by atoms with van der Waals surface area (Å²) < 4.78 is 7.21. The van der Waals surface area contributed by atoms with Gasteiger partial charge in [0.05, 0.1) is 29.9 Å². The number of hydrogen-bond donors (Lipinski definition) is 1. The normalized spacial score (nSPS) is 11.0. The van der Waals surface area contributed by atoms with E-state index in [0.717, 1.165) is 33.0 Å². The van der Waals surface area contributed by atoms with Gasteiger partial charge in [0.25, 0.3) is 5.91 Å². The van der Waals surface area contributed by atoms with Crippen LogP contribution in [0.1, 0.15) is 28.0 Å². The van der Waals surface area contributed by atoms with E-state index in [1.807, 2.05) is 58.2 Å². The molecule has 0 aliphatic rings. The van der Waals surface area contributed by atoms with Crippen LogP contribution in [-0.4, -0.2) is 32.3 Å². The van der Waals surface area contributed by atoms with Crippen LogP contribution >= 0.6 is 11.3 Å². The van der Waals surface area contributed by atoms with E-state index >= 15 is 0 Å². The largest absolute Gasteiger partial charge is 0.494 e. The van der Waals surface area contributed by atoms with Crippen LogP contribution in [0, 0.1) is 13.8 Å². The van der Waals surface area contributed by atoms with Crippen LogP contribution in [0.3, 0.4) is 0 Å². The lowest BCUT2D eigenvalue weighted by molar-refractivity contribution is 0.103. The number of aromatic nitrogens is 4. The molecule has 0 saturated heterocycles. The fourth-order valence-electron chi connectivity index (χ4n) is 3.16. The van der Waals surface area contributed by atoms with Crippen molar-refractivity contribution in [3.63, 3.8) is 0 Å². The molecule has 7 nitrogen and oxygen atoms in total. The molecular weight excluding hydrogens is 386 g/mol. The van der Waals surface area contributed by atoms with Crippen molar-refractivity contribution < 1.29 is 9.53 Å². The highest BCUT2D eigenvalue weighted by Gasteiger charge is 2.17. The van der Waals surface area contributed by atoms with Gasteiger partial charge in [-0.05, 0) is 51.1 Å². The van der Waals surface area contributed by atoms with Gasteiger partial charge < -0.3 is 10.1 Å². The number of pyridine rings is 1. The Hall–Kier alpha value is -3.26. The van der Waals surface area contributed by atoms with E-state index in [9.17, 15) is 4.79 Å². The molecule has 0 saturated carbocycles. The topological polar surface area (TPSA) is 81.9 Å². The van der Waals surface area contributed by atoms with E-state index in [0.29, 0.717) is 22.9 Å². The third-order valence-corrected chi connectivity index (χ3v) is 5.74. The molecule has 0 fully saturated rings. The van der Waals surface area contributed by atoms with Crippen molar-refractivity contribution >= 4 is 34.0 Å². The molecule has 0 aliphatic heterocycles. The van der Waals surface area contributed by atoms with Crippen molar-refractivity contribution in [2.45, 2.75) is 20.8 Å². The quantitative estimate of drug-likeness (QED) is 0.532. The van der Waals surface area contributed by atoms with E-state index in [1.165, 1.54) is 11.3 Å². The molecule has 1 N–H and O–H groups in total. The number of carbonyl (C=O) groups excluding carboxylic acids is 1. The molecule has 4 aromatic rings. The molecule has 0 atom stereocenters. The molecule has 3 aromatic heterocycles. The smallest absolute Gasteiger partial charge is 0.267 e. The van der Waals surface area contributed by atoms with Gasteiger partial charge in [-0.15, -0.1) is 11.3 Å². The van der Waals surface area contributed by atoms with Gasteiger partial charge in [-0.1, -0.05) is 0 Å². The van der Waals surface area contributed by atoms with Gasteiger partial charge in [-0.3, -0.25) is 9.48 Å². The molecule has 0 spiro atoms. The molecule has 1 amide bonds. The lowest BCUT2D eigenvalue weighted by Gasteiger charge is -2.04. The zero-order valence-electron chi connectivity index (χ0n) is 16.7. The van der Waals surface area contributed by atoms with Gasteiger partial charge in [-0.2, -0.15) is 5.10 Å². The van der Waals surface area contributed by atoms with Crippen LogP contribution in [0.2, 0.25) is 0 Å². The summed E-state index contributed by atoms with van der Waals surface area (Å²) in [5.41, 5.74) is 3.94. The lowest BCUT2D eigenvalue weighted by atomic mass is 10.2. The standard InChI is InChI=1S/C21H21N5O2S/c1-5-28-16-8-6-14(7-9-16)21-23-13(3)18(29-21)20(27)24-15-10-17-12(2)25-26(4)19(17)22-11-15/h6-11H,5H2,1-4H3,(H,24,27). The second-order valence-electron chi connectivity index (χ2n) is 6.65. The van der Waals surface area contributed by atoms with Crippen molar-refractivity contribution in [1.82, 2.24) is 19.7 Å². The molecule has 1 aromatic carbocycles. The number of amides is 1. The lowest BCUT2D eigenvalue weighted by Crippen LogP contribution is -2.11. The van der Waals surface area contributed by atoms with Gasteiger partial charge in [-0.25, -0.2) is 9.97 Å². The molecule has 0 radical (unpaired) electrons. The predicted molar refractivity (Wildman–Crippen MR) is 115 cm³/mol. The first-order chi connectivity index (χ1) is 14.0. The van der Waals surface area contributed by atoms with Crippen LogP contribution in [0.4, 0.5) is 5.69 Å². The summed E-state index contributed by atoms with van der Waals surface area (Å²) in [5, 5.41) is 9.01. The highest BCUT2D eigenvalue weighted by atomic mass is 32.1. The molecule has 29 heavy (non-hydrogen) atoms. The number of fused-ring (bicyclic) bond motifs is 1. The van der Waals surface area contributed by atoms with Crippen LogP contribution in [0.25, 0.3) is 21.6 Å². The minimum Gasteiger partial charge on any atom is -0.494 e. The summed E-state index contributed by atoms with van der Waals surface area (Å²) in [6.45, 7) is 6.34. The number of thiazole rings is 1. The second-order valence-corrected chi connectivity index (χ2v) is 7.65. The van der Waals surface area contributed by atoms with Crippen LogP contribution in [0.15, 0.2) is 36.5 Å². The van der Waals surface area contributed by atoms with Gasteiger partial charge in [0.15, 0.2) is 5.65 Å². The fourth-order valence-corrected chi connectivity index (χ4v) is 4.12. The van der Waals surface area contributed by atoms with Crippen LogP contribution < -0.4 is 10.1 Å². The maximum Gasteiger partial charge on any atom is 0.267 e. The van der Waals surface area contributed by atoms with Crippen molar-refractivity contribution in [2.24, 2.45) is 7.05 Å². The Bertz CT molecular complexity index is 1190. The highest BCUT2D eigenvalue weighted by Crippen LogP contribution is 2.30. The fraction of sp³-hybridized carbons (Fsp3) is 0.238. The summed E-state index contributed by atoms with van der Waals surface area (Å²) in [6.07, 6.45) is 1.64. The number of nitrogens with zero attached hydrogens (tertiary/aromatic N) is 4. The number of benzene rings is 1. The summed E-state index contributed by atoms with van der Waals surface area (Å²) in [4.78, 5) is 22.4. The molecule has 0 unspecified atom stereocenters. The SMILES string of the molecule is CCOc1ccc(-c2nc(C)c(C(=O)Nc3cnc4c(c3)c(C)nn4C)s2)cc1. The molecule has 0 bridgehead atoms. The molecule has 148 valence electrons. The van der Waals surface area contributed by atoms with Gasteiger partial charge in [0.2, 0.25) is 0 Å². The average molecular weight is 407 g/mol. The van der Waals surface area contributed by atoms with Gasteiger partial charge in [0, 0.05) is 18.0 Å². The van der Waals surface area contributed by atoms with Crippen molar-refractivity contribution in [3.8, 4) is 16.3 Å². The number of anilines is 1. The van der Waals surface area contributed by atoms with E-state index in [4.69, 9.17) is 4.74 Å². The van der Waals surface area contributed by atoms with E-state index in [2.05, 4.69) is 20.4 Å². The Kier molecular flexibility index (Phi) is 5.02. The van der Waals surface area contributed by atoms with Gasteiger partial charge >= 0.3 is 0 Å². The first-order valence-corrected chi connectivity index (χ1v) is 10.1.